The van der Waals surface area contributed by atoms with Crippen LogP contribution in [0.3, 0.4) is 0 Å². The molecular weight excluding hydrogens is 310 g/mol. The SMILES string of the molecule is Cc1cnn(CC(=O)c2ccc(N3CCOCC3)cc2)c1C(=O)O. The molecule has 7 heteroatoms. The number of carboxylic acid groups (broad SMARTS) is 1. The number of aromatic nitrogens is 2. The molecule has 1 aromatic carbocycles. The van der Waals surface area contributed by atoms with Crippen LogP contribution in [0.2, 0.25) is 0 Å². The van der Waals surface area contributed by atoms with Gasteiger partial charge < -0.3 is 14.7 Å². The molecule has 7 nitrogen and oxygen atoms in total. The van der Waals surface area contributed by atoms with Gasteiger partial charge in [0.05, 0.1) is 19.4 Å². The van der Waals surface area contributed by atoms with Gasteiger partial charge in [-0.05, 0) is 31.2 Å². The van der Waals surface area contributed by atoms with Crippen LogP contribution in [-0.4, -0.2) is 52.9 Å². The summed E-state index contributed by atoms with van der Waals surface area (Å²) in [5, 5.41) is 13.2. The van der Waals surface area contributed by atoms with Crippen molar-refractivity contribution >= 4 is 17.4 Å². The quantitative estimate of drug-likeness (QED) is 0.839. The third-order valence-electron chi connectivity index (χ3n) is 4.08. The third kappa shape index (κ3) is 3.30. The van der Waals surface area contributed by atoms with Crippen LogP contribution in [0, 0.1) is 6.92 Å². The van der Waals surface area contributed by atoms with Gasteiger partial charge in [0.1, 0.15) is 12.2 Å². The zero-order valence-corrected chi connectivity index (χ0v) is 13.4. The molecule has 0 bridgehead atoms. The predicted molar refractivity (Wildman–Crippen MR) is 87.7 cm³/mol. The van der Waals surface area contributed by atoms with Gasteiger partial charge in [0.2, 0.25) is 0 Å². The molecule has 2 heterocycles. The molecule has 0 spiro atoms. The van der Waals surface area contributed by atoms with Gasteiger partial charge in [0.25, 0.3) is 0 Å². The van der Waals surface area contributed by atoms with Crippen LogP contribution in [0.4, 0.5) is 5.69 Å². The lowest BCUT2D eigenvalue weighted by Gasteiger charge is -2.28. The number of benzene rings is 1. The van der Waals surface area contributed by atoms with Crippen molar-refractivity contribution in [2.75, 3.05) is 31.2 Å². The number of Topliss-reactive ketones (excluding diaryl/α,β-unsaturated/α-hetero) is 1. The molecule has 3 rings (SSSR count). The molecule has 1 aliphatic rings. The van der Waals surface area contributed by atoms with Crippen LogP contribution in [0.25, 0.3) is 0 Å². The molecular formula is C17H19N3O4. The highest BCUT2D eigenvalue weighted by Gasteiger charge is 2.18. The van der Waals surface area contributed by atoms with E-state index in [1.807, 2.05) is 12.1 Å². The molecule has 24 heavy (non-hydrogen) atoms. The monoisotopic (exact) mass is 329 g/mol. The van der Waals surface area contributed by atoms with E-state index in [0.717, 1.165) is 18.8 Å². The van der Waals surface area contributed by atoms with Gasteiger partial charge in [0, 0.05) is 29.9 Å². The lowest BCUT2D eigenvalue weighted by Crippen LogP contribution is -2.36. The number of nitrogens with zero attached hydrogens (tertiary/aromatic N) is 3. The summed E-state index contributed by atoms with van der Waals surface area (Å²) in [5.41, 5.74) is 2.18. The molecule has 0 radical (unpaired) electrons. The number of carbonyl (C=O) groups excluding carboxylic acids is 1. The first kappa shape index (κ1) is 16.2. The fourth-order valence-corrected chi connectivity index (χ4v) is 2.78. The van der Waals surface area contributed by atoms with Crippen molar-refractivity contribution in [2.45, 2.75) is 13.5 Å². The Hall–Kier alpha value is -2.67. The second-order valence-corrected chi connectivity index (χ2v) is 5.71. The van der Waals surface area contributed by atoms with Crippen LogP contribution >= 0.6 is 0 Å². The maximum Gasteiger partial charge on any atom is 0.354 e. The summed E-state index contributed by atoms with van der Waals surface area (Å²) in [6.07, 6.45) is 1.46. The molecule has 1 aromatic heterocycles. The summed E-state index contributed by atoms with van der Waals surface area (Å²) < 4.78 is 6.56. The molecule has 0 aliphatic carbocycles. The van der Waals surface area contributed by atoms with E-state index in [2.05, 4.69) is 10.00 Å². The van der Waals surface area contributed by atoms with Crippen LogP contribution < -0.4 is 4.90 Å². The Labute approximate surface area is 139 Å². The first-order valence-corrected chi connectivity index (χ1v) is 7.78. The number of carboxylic acids is 1. The summed E-state index contributed by atoms with van der Waals surface area (Å²) in [7, 11) is 0. The fourth-order valence-electron chi connectivity index (χ4n) is 2.78. The number of carbonyl (C=O) groups is 2. The minimum absolute atomic E-state index is 0.0493. The van der Waals surface area contributed by atoms with E-state index in [1.54, 1.807) is 19.1 Å². The van der Waals surface area contributed by atoms with Crippen LogP contribution in [0.1, 0.15) is 26.4 Å². The van der Waals surface area contributed by atoms with Crippen molar-refractivity contribution in [2.24, 2.45) is 0 Å². The van der Waals surface area contributed by atoms with Crippen molar-refractivity contribution in [3.63, 3.8) is 0 Å². The number of rotatable bonds is 5. The Kier molecular flexibility index (Phi) is 4.61. The average Bonchev–Trinajstić information content (AvgIpc) is 2.96. The number of ketones is 1. The minimum atomic E-state index is -1.08. The zero-order chi connectivity index (χ0) is 17.1. The molecule has 0 unspecified atom stereocenters. The smallest absolute Gasteiger partial charge is 0.354 e. The van der Waals surface area contributed by atoms with Gasteiger partial charge in [-0.2, -0.15) is 5.10 Å². The van der Waals surface area contributed by atoms with Crippen LogP contribution in [0.5, 0.6) is 0 Å². The number of aromatic carboxylic acids is 1. The number of anilines is 1. The van der Waals surface area contributed by atoms with E-state index in [4.69, 9.17) is 4.74 Å². The van der Waals surface area contributed by atoms with Gasteiger partial charge in [-0.25, -0.2) is 4.79 Å². The summed E-state index contributed by atoms with van der Waals surface area (Å²) in [6.45, 7) is 4.65. The molecule has 0 amide bonds. The van der Waals surface area contributed by atoms with E-state index >= 15 is 0 Å². The standard InChI is InChI=1S/C17H19N3O4/c1-12-10-18-20(16(12)17(22)23)11-15(21)13-2-4-14(5-3-13)19-6-8-24-9-7-19/h2-5,10H,6-9,11H2,1H3,(H,22,23). The second kappa shape index (κ2) is 6.84. The van der Waals surface area contributed by atoms with Crippen molar-refractivity contribution in [3.05, 3.63) is 47.3 Å². The lowest BCUT2D eigenvalue weighted by atomic mass is 10.1. The average molecular weight is 329 g/mol. The summed E-state index contributed by atoms with van der Waals surface area (Å²) in [4.78, 5) is 25.9. The van der Waals surface area contributed by atoms with E-state index in [0.29, 0.717) is 24.3 Å². The molecule has 1 saturated heterocycles. The van der Waals surface area contributed by atoms with Gasteiger partial charge in [-0.3, -0.25) is 9.48 Å². The number of aryl methyl sites for hydroxylation is 1. The van der Waals surface area contributed by atoms with Crippen LogP contribution in [0.15, 0.2) is 30.5 Å². The molecule has 126 valence electrons. The number of morpholine rings is 1. The second-order valence-electron chi connectivity index (χ2n) is 5.71. The first-order valence-electron chi connectivity index (χ1n) is 7.78. The topological polar surface area (TPSA) is 84.7 Å². The maximum absolute atomic E-state index is 12.4. The van der Waals surface area contributed by atoms with E-state index in [-0.39, 0.29) is 18.0 Å². The molecule has 2 aromatic rings. The summed E-state index contributed by atoms with van der Waals surface area (Å²) >= 11 is 0. The van der Waals surface area contributed by atoms with Crippen molar-refractivity contribution < 1.29 is 19.4 Å². The van der Waals surface area contributed by atoms with Crippen molar-refractivity contribution in [1.82, 2.24) is 9.78 Å². The Morgan fingerprint density at radius 3 is 2.50 bits per heavy atom. The van der Waals surface area contributed by atoms with Crippen molar-refractivity contribution in [3.8, 4) is 0 Å². The Morgan fingerprint density at radius 1 is 1.21 bits per heavy atom. The van der Waals surface area contributed by atoms with E-state index < -0.39 is 5.97 Å². The minimum Gasteiger partial charge on any atom is -0.477 e. The Bertz CT molecular complexity index is 746. The largest absolute Gasteiger partial charge is 0.477 e. The van der Waals surface area contributed by atoms with Gasteiger partial charge in [-0.1, -0.05) is 0 Å². The number of ether oxygens (including phenoxy) is 1. The molecule has 0 atom stereocenters. The van der Waals surface area contributed by atoms with E-state index in [9.17, 15) is 14.7 Å². The first-order chi connectivity index (χ1) is 11.6. The van der Waals surface area contributed by atoms with Crippen molar-refractivity contribution in [1.29, 1.82) is 0 Å². The molecule has 0 saturated carbocycles. The number of hydrogen-bond donors (Lipinski definition) is 1. The van der Waals surface area contributed by atoms with Gasteiger partial charge in [0.15, 0.2) is 5.78 Å². The van der Waals surface area contributed by atoms with Crippen LogP contribution in [-0.2, 0) is 11.3 Å². The van der Waals surface area contributed by atoms with E-state index in [1.165, 1.54) is 10.9 Å². The maximum atomic E-state index is 12.4. The Balaban J connectivity index is 1.72. The van der Waals surface area contributed by atoms with Gasteiger partial charge in [-0.15, -0.1) is 0 Å². The normalized spacial score (nSPS) is 14.6. The number of hydrogen-bond acceptors (Lipinski definition) is 5. The highest BCUT2D eigenvalue weighted by molar-refractivity contribution is 5.97. The third-order valence-corrected chi connectivity index (χ3v) is 4.08. The highest BCUT2D eigenvalue weighted by Crippen LogP contribution is 2.17. The lowest BCUT2D eigenvalue weighted by molar-refractivity contribution is 0.0682. The predicted octanol–water partition coefficient (Wildman–Crippen LogP) is 1.61. The zero-order valence-electron chi connectivity index (χ0n) is 13.4. The molecule has 1 aliphatic heterocycles. The van der Waals surface area contributed by atoms with Gasteiger partial charge >= 0.3 is 5.97 Å². The fraction of sp³-hybridized carbons (Fsp3) is 0.353. The summed E-state index contributed by atoms with van der Waals surface area (Å²) in [6, 6.07) is 7.35. The molecule has 1 N–H and O–H groups in total. The Morgan fingerprint density at radius 2 is 1.88 bits per heavy atom. The summed E-state index contributed by atoms with van der Waals surface area (Å²) in [5.74, 6) is -1.26. The highest BCUT2D eigenvalue weighted by atomic mass is 16.5. The molecule has 1 fully saturated rings.